The number of aromatic nitrogens is 8. The van der Waals surface area contributed by atoms with E-state index in [2.05, 4.69) is 124 Å². The van der Waals surface area contributed by atoms with Gasteiger partial charge in [-0.25, -0.2) is 19.6 Å². The SMILES string of the molecule is CCCCn1c(-c2c3nc(c(-c4ccc(C(C)(C)C)cc4)c4nc(c(-c5cc(=O)[nH]c(=O)n5CCCC)c5ccc([nH]5)c(-c5ccc(C(C)(C)C)cc5)c5ccc2[nH]5)C=C4)C=C3)cc(=O)[nH]c1=O. The Balaban J connectivity index is 1.49. The van der Waals surface area contributed by atoms with Gasteiger partial charge in [-0.15, -0.1) is 0 Å². The van der Waals surface area contributed by atoms with E-state index < -0.39 is 22.5 Å². The summed E-state index contributed by atoms with van der Waals surface area (Å²) in [6.45, 7) is 18.0. The molecule has 8 bridgehead atoms. The van der Waals surface area contributed by atoms with Crippen molar-refractivity contribution in [3.63, 3.8) is 0 Å². The second-order valence-corrected chi connectivity index (χ2v) is 19.8. The third kappa shape index (κ3) is 8.74. The number of hydrogen-bond donors (Lipinski definition) is 4. The van der Waals surface area contributed by atoms with Gasteiger partial charge in [0.1, 0.15) is 0 Å². The molecule has 346 valence electrons. The first-order chi connectivity index (χ1) is 32.5. The maximum absolute atomic E-state index is 13.7. The van der Waals surface area contributed by atoms with Gasteiger partial charge < -0.3 is 9.97 Å². The van der Waals surface area contributed by atoms with Crippen LogP contribution in [0.15, 0.2) is 104 Å². The summed E-state index contributed by atoms with van der Waals surface area (Å²) in [7, 11) is 0. The fourth-order valence-electron chi connectivity index (χ4n) is 9.16. The molecule has 0 fully saturated rings. The van der Waals surface area contributed by atoms with Crippen LogP contribution < -0.4 is 22.5 Å². The average Bonchev–Trinajstić information content (AvgIpc) is 4.14. The lowest BCUT2D eigenvalue weighted by atomic mass is 9.86. The Morgan fingerprint density at radius 3 is 1.13 bits per heavy atom. The zero-order valence-electron chi connectivity index (χ0n) is 40.1. The second-order valence-electron chi connectivity index (χ2n) is 19.8. The van der Waals surface area contributed by atoms with Gasteiger partial charge in [-0.1, -0.05) is 117 Å². The van der Waals surface area contributed by atoms with Crippen molar-refractivity contribution < 1.29 is 0 Å². The monoisotopic (exact) mass is 906 g/mol. The predicted molar refractivity (Wildman–Crippen MR) is 278 cm³/mol. The maximum Gasteiger partial charge on any atom is 0.328 e. The minimum Gasteiger partial charge on any atom is -0.354 e. The highest BCUT2D eigenvalue weighted by molar-refractivity contribution is 5.99. The van der Waals surface area contributed by atoms with E-state index in [9.17, 15) is 19.2 Å². The summed E-state index contributed by atoms with van der Waals surface area (Å²) in [5.41, 5.74) is 10.9. The van der Waals surface area contributed by atoms with Crippen molar-refractivity contribution in [3.05, 3.63) is 161 Å². The van der Waals surface area contributed by atoms with Gasteiger partial charge in [0.15, 0.2) is 0 Å². The van der Waals surface area contributed by atoms with Gasteiger partial charge >= 0.3 is 11.4 Å². The van der Waals surface area contributed by atoms with Crippen LogP contribution in [0.3, 0.4) is 0 Å². The Hall–Kier alpha value is -7.60. The van der Waals surface area contributed by atoms with E-state index in [-0.39, 0.29) is 10.8 Å². The first kappa shape index (κ1) is 45.6. The van der Waals surface area contributed by atoms with Crippen LogP contribution in [0.5, 0.6) is 0 Å². The number of hydrogen-bond acceptors (Lipinski definition) is 6. The first-order valence-electron chi connectivity index (χ1n) is 23.6. The molecule has 0 unspecified atom stereocenters. The van der Waals surface area contributed by atoms with Crippen LogP contribution in [0, 0.1) is 0 Å². The van der Waals surface area contributed by atoms with E-state index in [1.54, 1.807) is 9.13 Å². The van der Waals surface area contributed by atoms with Crippen LogP contribution in [0.25, 0.3) is 91.1 Å². The lowest BCUT2D eigenvalue weighted by molar-refractivity contribution is 0.590. The maximum atomic E-state index is 13.7. The molecule has 0 aliphatic carbocycles. The van der Waals surface area contributed by atoms with Crippen molar-refractivity contribution in [3.8, 4) is 44.8 Å². The molecular weight excluding hydrogens is 849 g/mol. The van der Waals surface area contributed by atoms with Crippen LogP contribution in [-0.4, -0.2) is 39.0 Å². The molecule has 2 aliphatic rings. The van der Waals surface area contributed by atoms with Crippen molar-refractivity contribution in [2.24, 2.45) is 0 Å². The molecule has 9 rings (SSSR count). The quantitative estimate of drug-likeness (QED) is 0.107. The number of benzene rings is 2. The van der Waals surface area contributed by atoms with E-state index in [0.29, 0.717) is 69.4 Å². The number of nitrogens with one attached hydrogen (secondary N) is 4. The minimum absolute atomic E-state index is 0.0806. The lowest BCUT2D eigenvalue weighted by Gasteiger charge is -2.19. The summed E-state index contributed by atoms with van der Waals surface area (Å²) in [6.07, 6.45) is 10.9. The normalized spacial score (nSPS) is 12.6. The molecule has 2 aromatic carbocycles. The van der Waals surface area contributed by atoms with E-state index in [1.807, 2.05) is 48.6 Å². The Kier molecular flexibility index (Phi) is 12.0. The molecule has 7 heterocycles. The third-order valence-electron chi connectivity index (χ3n) is 12.9. The topological polar surface area (TPSA) is 167 Å². The van der Waals surface area contributed by atoms with Crippen LogP contribution >= 0.6 is 0 Å². The van der Waals surface area contributed by atoms with Crippen molar-refractivity contribution in [2.45, 2.75) is 105 Å². The highest BCUT2D eigenvalue weighted by atomic mass is 16.2. The number of H-pyrrole nitrogens is 4. The van der Waals surface area contributed by atoms with Gasteiger partial charge in [0.25, 0.3) is 11.1 Å². The molecule has 4 N–H and O–H groups in total. The van der Waals surface area contributed by atoms with Crippen LogP contribution in [0.2, 0.25) is 0 Å². The second kappa shape index (κ2) is 17.9. The first-order valence-corrected chi connectivity index (χ1v) is 23.6. The summed E-state index contributed by atoms with van der Waals surface area (Å²) < 4.78 is 3.26. The zero-order chi connectivity index (χ0) is 48.1. The van der Waals surface area contributed by atoms with E-state index in [1.165, 1.54) is 23.3 Å². The number of nitrogens with zero attached hydrogens (tertiary/aromatic N) is 4. The summed E-state index contributed by atoms with van der Waals surface area (Å²) >= 11 is 0. The minimum atomic E-state index is -0.506. The predicted octanol–water partition coefficient (Wildman–Crippen LogP) is 11.2. The zero-order valence-corrected chi connectivity index (χ0v) is 40.1. The highest BCUT2D eigenvalue weighted by Gasteiger charge is 2.24. The summed E-state index contributed by atoms with van der Waals surface area (Å²) in [6, 6.07) is 27.9. The molecule has 0 amide bonds. The van der Waals surface area contributed by atoms with Gasteiger partial charge in [-0.05, 0) is 94.5 Å². The fourth-order valence-corrected chi connectivity index (χ4v) is 9.16. The van der Waals surface area contributed by atoms with Crippen molar-refractivity contribution in [1.82, 2.24) is 39.0 Å². The van der Waals surface area contributed by atoms with Crippen molar-refractivity contribution in [1.29, 1.82) is 0 Å². The Bertz CT molecular complexity index is 3400. The van der Waals surface area contributed by atoms with Crippen molar-refractivity contribution >= 4 is 46.4 Å². The average molecular weight is 907 g/mol. The van der Waals surface area contributed by atoms with Gasteiger partial charge in [0.05, 0.1) is 45.2 Å². The Morgan fingerprint density at radius 2 is 0.779 bits per heavy atom. The molecule has 12 heteroatoms. The third-order valence-corrected chi connectivity index (χ3v) is 12.9. The summed E-state index contributed by atoms with van der Waals surface area (Å²) in [5, 5.41) is 0. The van der Waals surface area contributed by atoms with E-state index in [4.69, 9.17) is 9.97 Å². The number of aromatic amines is 4. The van der Waals surface area contributed by atoms with Crippen LogP contribution in [0.1, 0.15) is 115 Å². The number of rotatable bonds is 10. The molecule has 2 aliphatic heterocycles. The molecule has 0 spiro atoms. The number of unbranched alkanes of at least 4 members (excludes halogenated alkanes) is 2. The standard InChI is InChI=1S/C56H58N8O4/c1-9-11-29-63-45(31-47(65)61-53(63)67)51-41-25-21-37(57-41)49(33-13-17-35(18-14-33)55(3,4)5)39-23-27-43(59-39)52(46-32-48(66)62-54(68)64(46)30-12-10-2)44-28-24-40(60-44)50(38-22-26-42(51)58-38)34-15-19-36(20-16-34)56(6,7)8/h13-28,31-32,57,59H,9-12,29-30H2,1-8H3,(H,61,65,67)(H,62,66,68). The van der Waals surface area contributed by atoms with Gasteiger partial charge in [-0.2, -0.15) is 0 Å². The summed E-state index contributed by atoms with van der Waals surface area (Å²) in [4.78, 5) is 77.3. The Morgan fingerprint density at radius 1 is 0.441 bits per heavy atom. The molecule has 68 heavy (non-hydrogen) atoms. The van der Waals surface area contributed by atoms with E-state index in [0.717, 1.165) is 59.0 Å². The smallest absolute Gasteiger partial charge is 0.328 e. The molecule has 7 aromatic rings. The number of fused-ring (bicyclic) bond motifs is 8. The van der Waals surface area contributed by atoms with E-state index >= 15 is 0 Å². The van der Waals surface area contributed by atoms with Gasteiger partial charge in [0.2, 0.25) is 0 Å². The largest absolute Gasteiger partial charge is 0.354 e. The lowest BCUT2D eigenvalue weighted by Crippen LogP contribution is -2.31. The molecule has 5 aromatic heterocycles. The molecule has 0 saturated carbocycles. The molecule has 0 saturated heterocycles. The van der Waals surface area contributed by atoms with Gasteiger partial charge in [0, 0.05) is 58.5 Å². The van der Waals surface area contributed by atoms with Gasteiger partial charge in [-0.3, -0.25) is 28.7 Å². The fraction of sp³-hybridized carbons (Fsp3) is 0.286. The van der Waals surface area contributed by atoms with Crippen molar-refractivity contribution in [2.75, 3.05) is 0 Å². The molecular formula is C56H58N8O4. The molecule has 0 radical (unpaired) electrons. The Labute approximate surface area is 394 Å². The molecule has 0 atom stereocenters. The van der Waals surface area contributed by atoms with Crippen LogP contribution in [0.4, 0.5) is 0 Å². The summed E-state index contributed by atoms with van der Waals surface area (Å²) in [5.74, 6) is 0. The highest BCUT2D eigenvalue weighted by Crippen LogP contribution is 2.39. The molecule has 12 nitrogen and oxygen atoms in total. The van der Waals surface area contributed by atoms with Crippen LogP contribution in [-0.2, 0) is 23.9 Å².